The molecule has 1 rings (SSSR count). The third kappa shape index (κ3) is 5.05. The van der Waals surface area contributed by atoms with Crippen LogP contribution in [0.5, 0.6) is 6.01 Å². The summed E-state index contributed by atoms with van der Waals surface area (Å²) in [6.45, 7) is 7.56. The number of aromatic nitrogens is 3. The smallest absolute Gasteiger partial charge is 0.328 e. The molecule has 1 aromatic rings. The summed E-state index contributed by atoms with van der Waals surface area (Å²) in [7, 11) is 3.04. The Morgan fingerprint density at radius 2 is 1.71 bits per heavy atom. The van der Waals surface area contributed by atoms with Gasteiger partial charge in [-0.1, -0.05) is 13.8 Å². The Morgan fingerprint density at radius 3 is 2.19 bits per heavy atom. The van der Waals surface area contributed by atoms with Gasteiger partial charge in [0.05, 0.1) is 13.2 Å². The first-order chi connectivity index (χ1) is 9.87. The molecule has 1 heterocycles. The highest BCUT2D eigenvalue weighted by molar-refractivity contribution is 5.78. The minimum atomic E-state index is -0.547. The van der Waals surface area contributed by atoms with Crippen molar-refractivity contribution in [3.63, 3.8) is 0 Å². The third-order valence-corrected chi connectivity index (χ3v) is 2.59. The van der Waals surface area contributed by atoms with Crippen molar-refractivity contribution in [1.82, 2.24) is 15.0 Å². The minimum absolute atomic E-state index is 0.0155. The molecule has 0 saturated heterocycles. The van der Waals surface area contributed by atoms with Crippen LogP contribution in [0.3, 0.4) is 0 Å². The van der Waals surface area contributed by atoms with Crippen molar-refractivity contribution in [2.24, 2.45) is 5.92 Å². The first-order valence-electron chi connectivity index (χ1n) is 6.82. The molecule has 2 N–H and O–H groups in total. The van der Waals surface area contributed by atoms with E-state index in [-0.39, 0.29) is 29.9 Å². The monoisotopic (exact) mass is 297 g/mol. The number of esters is 1. The summed E-state index contributed by atoms with van der Waals surface area (Å²) in [5, 5.41) is 5.79. The Hall–Kier alpha value is -2.12. The number of anilines is 2. The summed E-state index contributed by atoms with van der Waals surface area (Å²) in [6.07, 6.45) is -0.0635. The second-order valence-electron chi connectivity index (χ2n) is 5.07. The van der Waals surface area contributed by atoms with Crippen LogP contribution in [0.4, 0.5) is 11.9 Å². The van der Waals surface area contributed by atoms with Crippen LogP contribution in [-0.2, 0) is 9.53 Å². The van der Waals surface area contributed by atoms with E-state index in [1.54, 1.807) is 7.05 Å². The first kappa shape index (κ1) is 16.9. The molecule has 0 amide bonds. The molecular weight excluding hydrogens is 274 g/mol. The van der Waals surface area contributed by atoms with Crippen LogP contribution in [0.2, 0.25) is 0 Å². The first-order valence-corrected chi connectivity index (χ1v) is 6.82. The Morgan fingerprint density at radius 1 is 1.10 bits per heavy atom. The molecule has 1 unspecified atom stereocenters. The van der Waals surface area contributed by atoms with Crippen LogP contribution in [0.1, 0.15) is 27.7 Å². The number of nitrogens with zero attached hydrogens (tertiary/aromatic N) is 3. The van der Waals surface area contributed by atoms with Crippen molar-refractivity contribution in [1.29, 1.82) is 0 Å². The lowest BCUT2D eigenvalue weighted by Gasteiger charge is -2.20. The fourth-order valence-corrected chi connectivity index (χ4v) is 1.56. The van der Waals surface area contributed by atoms with Gasteiger partial charge >= 0.3 is 12.0 Å². The molecule has 0 fully saturated rings. The number of nitrogens with one attached hydrogen (secondary N) is 2. The zero-order chi connectivity index (χ0) is 16.0. The Labute approximate surface area is 124 Å². The number of hydrogen-bond donors (Lipinski definition) is 2. The van der Waals surface area contributed by atoms with Gasteiger partial charge in [0.1, 0.15) is 6.04 Å². The average Bonchev–Trinajstić information content (AvgIpc) is 2.42. The number of carbonyl (C=O) groups is 1. The standard InChI is InChI=1S/C13H23N5O3/c1-7(2)9(10(19)20-6)15-12-16-11(14-5)17-13(18-12)21-8(3)4/h7-9H,1-6H3,(H2,14,15,16,17,18). The number of carbonyl (C=O) groups excluding carboxylic acids is 1. The third-order valence-electron chi connectivity index (χ3n) is 2.59. The quantitative estimate of drug-likeness (QED) is 0.727. The van der Waals surface area contributed by atoms with Crippen LogP contribution in [0.25, 0.3) is 0 Å². The highest BCUT2D eigenvalue weighted by atomic mass is 16.5. The number of hydrogen-bond acceptors (Lipinski definition) is 8. The molecule has 0 aliphatic carbocycles. The lowest BCUT2D eigenvalue weighted by atomic mass is 10.1. The van der Waals surface area contributed by atoms with Crippen molar-refractivity contribution in [2.75, 3.05) is 24.8 Å². The fourth-order valence-electron chi connectivity index (χ4n) is 1.56. The van der Waals surface area contributed by atoms with Crippen LogP contribution >= 0.6 is 0 Å². The Bertz CT molecular complexity index is 479. The zero-order valence-corrected chi connectivity index (χ0v) is 13.3. The van der Waals surface area contributed by atoms with E-state index in [0.29, 0.717) is 5.95 Å². The molecule has 0 aliphatic heterocycles. The maximum atomic E-state index is 11.8. The van der Waals surface area contributed by atoms with E-state index >= 15 is 0 Å². The van der Waals surface area contributed by atoms with Gasteiger partial charge in [-0.25, -0.2) is 4.79 Å². The molecule has 1 atom stereocenters. The molecular formula is C13H23N5O3. The predicted molar refractivity (Wildman–Crippen MR) is 79.4 cm³/mol. The highest BCUT2D eigenvalue weighted by Crippen LogP contribution is 2.15. The second-order valence-corrected chi connectivity index (χ2v) is 5.07. The van der Waals surface area contributed by atoms with Gasteiger partial charge in [-0.05, 0) is 19.8 Å². The van der Waals surface area contributed by atoms with Crippen molar-refractivity contribution in [3.8, 4) is 6.01 Å². The second kappa shape index (κ2) is 7.61. The van der Waals surface area contributed by atoms with Crippen LogP contribution in [-0.4, -0.2) is 47.2 Å². The molecule has 0 spiro atoms. The van der Waals surface area contributed by atoms with Gasteiger partial charge in [0.25, 0.3) is 0 Å². The van der Waals surface area contributed by atoms with Crippen molar-refractivity contribution < 1.29 is 14.3 Å². The fraction of sp³-hybridized carbons (Fsp3) is 0.692. The largest absolute Gasteiger partial charge is 0.467 e. The molecule has 8 nitrogen and oxygen atoms in total. The van der Waals surface area contributed by atoms with E-state index in [1.165, 1.54) is 7.11 Å². The highest BCUT2D eigenvalue weighted by Gasteiger charge is 2.24. The summed E-state index contributed by atoms with van der Waals surface area (Å²) < 4.78 is 10.2. The normalized spacial score (nSPS) is 12.2. The van der Waals surface area contributed by atoms with Crippen LogP contribution in [0, 0.1) is 5.92 Å². The predicted octanol–water partition coefficient (Wildman–Crippen LogP) is 1.31. The molecule has 0 aromatic carbocycles. The lowest BCUT2D eigenvalue weighted by Crippen LogP contribution is -2.36. The van der Waals surface area contributed by atoms with Gasteiger partial charge in [0.15, 0.2) is 0 Å². The van der Waals surface area contributed by atoms with E-state index in [4.69, 9.17) is 9.47 Å². The van der Waals surface area contributed by atoms with Crippen LogP contribution in [0.15, 0.2) is 0 Å². The SMILES string of the molecule is CNc1nc(NC(C(=O)OC)C(C)C)nc(OC(C)C)n1. The number of methoxy groups -OCH3 is 1. The lowest BCUT2D eigenvalue weighted by molar-refractivity contribution is -0.142. The summed E-state index contributed by atoms with van der Waals surface area (Å²) in [5.74, 6) is 0.258. The topological polar surface area (TPSA) is 98.3 Å². The zero-order valence-electron chi connectivity index (χ0n) is 13.3. The van der Waals surface area contributed by atoms with E-state index in [2.05, 4.69) is 25.6 Å². The maximum Gasteiger partial charge on any atom is 0.328 e. The number of rotatable bonds is 7. The van der Waals surface area contributed by atoms with Crippen molar-refractivity contribution in [2.45, 2.75) is 39.8 Å². The molecule has 0 radical (unpaired) electrons. The summed E-state index contributed by atoms with van der Waals surface area (Å²) in [5.41, 5.74) is 0. The van der Waals surface area contributed by atoms with Gasteiger partial charge in [0.2, 0.25) is 11.9 Å². The van der Waals surface area contributed by atoms with Gasteiger partial charge < -0.3 is 20.1 Å². The summed E-state index contributed by atoms with van der Waals surface area (Å²) >= 11 is 0. The van der Waals surface area contributed by atoms with Gasteiger partial charge in [-0.3, -0.25) is 0 Å². The molecule has 0 bridgehead atoms. The van der Waals surface area contributed by atoms with Gasteiger partial charge in [-0.2, -0.15) is 15.0 Å². The average molecular weight is 297 g/mol. The molecule has 0 saturated carbocycles. The van der Waals surface area contributed by atoms with Gasteiger partial charge in [0, 0.05) is 7.05 Å². The van der Waals surface area contributed by atoms with E-state index in [9.17, 15) is 4.79 Å². The Balaban J connectivity index is 3.02. The van der Waals surface area contributed by atoms with E-state index < -0.39 is 6.04 Å². The minimum Gasteiger partial charge on any atom is -0.467 e. The molecule has 8 heteroatoms. The summed E-state index contributed by atoms with van der Waals surface area (Å²) in [6, 6.07) is -0.353. The van der Waals surface area contributed by atoms with Crippen molar-refractivity contribution in [3.05, 3.63) is 0 Å². The van der Waals surface area contributed by atoms with E-state index in [0.717, 1.165) is 0 Å². The Kier molecular flexibility index (Phi) is 6.13. The number of ether oxygens (including phenoxy) is 2. The maximum absolute atomic E-state index is 11.8. The molecule has 118 valence electrons. The molecule has 21 heavy (non-hydrogen) atoms. The van der Waals surface area contributed by atoms with Crippen LogP contribution < -0.4 is 15.4 Å². The van der Waals surface area contributed by atoms with E-state index in [1.807, 2.05) is 27.7 Å². The van der Waals surface area contributed by atoms with Gasteiger partial charge in [-0.15, -0.1) is 0 Å². The molecule has 1 aromatic heterocycles. The molecule has 0 aliphatic rings. The summed E-state index contributed by atoms with van der Waals surface area (Å²) in [4.78, 5) is 24.2. The van der Waals surface area contributed by atoms with Crippen molar-refractivity contribution >= 4 is 17.9 Å².